The lowest BCUT2D eigenvalue weighted by Gasteiger charge is -2.12. The lowest BCUT2D eigenvalue weighted by Crippen LogP contribution is -2.32. The summed E-state index contributed by atoms with van der Waals surface area (Å²) in [4.78, 5) is -0.136. The molecular formula is C12H15ClN2O3S. The third-order valence-corrected chi connectivity index (χ3v) is 4.20. The summed E-state index contributed by atoms with van der Waals surface area (Å²) < 4.78 is 26.3. The molecule has 1 aromatic carbocycles. The topological polar surface area (TPSA) is 90.2 Å². The van der Waals surface area contributed by atoms with Crippen molar-refractivity contribution in [1.29, 1.82) is 5.26 Å². The van der Waals surface area contributed by atoms with Crippen LogP contribution in [0, 0.1) is 11.3 Å². The lowest BCUT2D eigenvalue weighted by molar-refractivity contribution is 0.167. The molecule has 0 aliphatic rings. The van der Waals surface area contributed by atoms with Gasteiger partial charge in [0.1, 0.15) is 6.07 Å². The first-order valence-electron chi connectivity index (χ1n) is 5.78. The van der Waals surface area contributed by atoms with Crippen LogP contribution in [0.15, 0.2) is 23.1 Å². The molecule has 7 heteroatoms. The van der Waals surface area contributed by atoms with Crippen LogP contribution in [-0.4, -0.2) is 26.2 Å². The molecule has 0 heterocycles. The number of aliphatic hydroxyl groups excluding tert-OH is 1. The summed E-state index contributed by atoms with van der Waals surface area (Å²) in [6.07, 6.45) is 0.527. The van der Waals surface area contributed by atoms with E-state index in [1.54, 1.807) is 6.07 Å². The Hall–Kier alpha value is -1.13. The Morgan fingerprint density at radius 3 is 2.79 bits per heavy atom. The van der Waals surface area contributed by atoms with E-state index in [-0.39, 0.29) is 17.0 Å². The largest absolute Gasteiger partial charge is 0.392 e. The van der Waals surface area contributed by atoms with Crippen molar-refractivity contribution in [3.8, 4) is 6.07 Å². The van der Waals surface area contributed by atoms with E-state index >= 15 is 0 Å². The van der Waals surface area contributed by atoms with Gasteiger partial charge in [-0.1, -0.05) is 24.9 Å². The van der Waals surface area contributed by atoms with Gasteiger partial charge in [-0.2, -0.15) is 5.26 Å². The van der Waals surface area contributed by atoms with Crippen LogP contribution in [-0.2, 0) is 10.0 Å². The van der Waals surface area contributed by atoms with Gasteiger partial charge in [0.2, 0.25) is 10.0 Å². The standard InChI is InChI=1S/C12H15ClN2O3S/c1-2-3-11(16)8-15-19(17,18)12-5-4-10(13)6-9(12)7-14/h4-6,11,15-16H,2-3,8H2,1H3. The van der Waals surface area contributed by atoms with Crippen molar-refractivity contribution in [3.05, 3.63) is 28.8 Å². The summed E-state index contributed by atoms with van der Waals surface area (Å²) in [7, 11) is -3.82. The minimum absolute atomic E-state index is 0.0232. The zero-order valence-corrected chi connectivity index (χ0v) is 12.0. The van der Waals surface area contributed by atoms with Gasteiger partial charge in [-0.05, 0) is 24.6 Å². The van der Waals surface area contributed by atoms with Gasteiger partial charge >= 0.3 is 0 Å². The van der Waals surface area contributed by atoms with Gasteiger partial charge in [-0.3, -0.25) is 0 Å². The Labute approximate surface area is 117 Å². The van der Waals surface area contributed by atoms with Crippen molar-refractivity contribution in [2.75, 3.05) is 6.54 Å². The fourth-order valence-electron chi connectivity index (χ4n) is 1.54. The molecule has 104 valence electrons. The van der Waals surface area contributed by atoms with Crippen LogP contribution < -0.4 is 4.72 Å². The zero-order chi connectivity index (χ0) is 14.5. The smallest absolute Gasteiger partial charge is 0.241 e. The molecule has 2 N–H and O–H groups in total. The quantitative estimate of drug-likeness (QED) is 0.836. The third-order valence-electron chi connectivity index (χ3n) is 2.48. The number of halogens is 1. The van der Waals surface area contributed by atoms with E-state index in [1.807, 2.05) is 6.92 Å². The number of nitriles is 1. The van der Waals surface area contributed by atoms with Crippen molar-refractivity contribution >= 4 is 21.6 Å². The molecule has 0 saturated carbocycles. The highest BCUT2D eigenvalue weighted by Gasteiger charge is 2.19. The van der Waals surface area contributed by atoms with Gasteiger partial charge in [-0.15, -0.1) is 0 Å². The van der Waals surface area contributed by atoms with E-state index in [4.69, 9.17) is 16.9 Å². The maximum atomic E-state index is 12.0. The van der Waals surface area contributed by atoms with Crippen LogP contribution >= 0.6 is 11.6 Å². The van der Waals surface area contributed by atoms with Crippen LogP contribution in [0.1, 0.15) is 25.3 Å². The first-order valence-corrected chi connectivity index (χ1v) is 7.64. The van der Waals surface area contributed by atoms with Crippen molar-refractivity contribution in [2.24, 2.45) is 0 Å². The second-order valence-electron chi connectivity index (χ2n) is 4.05. The van der Waals surface area contributed by atoms with Crippen LogP contribution in [0.25, 0.3) is 0 Å². The molecule has 1 atom stereocenters. The molecule has 1 rings (SSSR count). The summed E-state index contributed by atoms with van der Waals surface area (Å²) in [5.74, 6) is 0. The number of sulfonamides is 1. The number of hydrogen-bond donors (Lipinski definition) is 2. The monoisotopic (exact) mass is 302 g/mol. The molecular weight excluding hydrogens is 288 g/mol. The summed E-state index contributed by atoms with van der Waals surface area (Å²) in [5, 5.41) is 18.7. The molecule has 0 spiro atoms. The minimum Gasteiger partial charge on any atom is -0.392 e. The number of rotatable bonds is 6. The summed E-state index contributed by atoms with van der Waals surface area (Å²) in [6.45, 7) is 1.81. The highest BCUT2D eigenvalue weighted by molar-refractivity contribution is 7.89. The Bertz CT molecular complexity index is 581. The lowest BCUT2D eigenvalue weighted by atomic mass is 10.2. The number of benzene rings is 1. The van der Waals surface area contributed by atoms with Crippen LogP contribution in [0.4, 0.5) is 0 Å². The summed E-state index contributed by atoms with van der Waals surface area (Å²) in [6, 6.07) is 5.75. The van der Waals surface area contributed by atoms with Crippen LogP contribution in [0.2, 0.25) is 5.02 Å². The van der Waals surface area contributed by atoms with Crippen molar-refractivity contribution < 1.29 is 13.5 Å². The fourth-order valence-corrected chi connectivity index (χ4v) is 2.92. The Morgan fingerprint density at radius 2 is 2.21 bits per heavy atom. The molecule has 0 fully saturated rings. The zero-order valence-electron chi connectivity index (χ0n) is 10.4. The van der Waals surface area contributed by atoms with E-state index in [2.05, 4.69) is 4.72 Å². The molecule has 0 aliphatic heterocycles. The average molecular weight is 303 g/mol. The predicted octanol–water partition coefficient (Wildman–Crippen LogP) is 1.65. The third kappa shape index (κ3) is 4.48. The molecule has 1 aromatic rings. The molecule has 1 unspecified atom stereocenters. The summed E-state index contributed by atoms with van der Waals surface area (Å²) in [5.41, 5.74) is -0.0232. The number of aliphatic hydroxyl groups is 1. The number of nitrogens with zero attached hydrogens (tertiary/aromatic N) is 1. The van der Waals surface area contributed by atoms with Gasteiger partial charge < -0.3 is 5.11 Å². The van der Waals surface area contributed by atoms with Gasteiger partial charge in [-0.25, -0.2) is 13.1 Å². The van der Waals surface area contributed by atoms with Crippen molar-refractivity contribution in [1.82, 2.24) is 4.72 Å². The molecule has 0 aliphatic carbocycles. The average Bonchev–Trinajstić information content (AvgIpc) is 2.36. The Kier molecular flexibility index (Phi) is 5.76. The second kappa shape index (κ2) is 6.87. The Balaban J connectivity index is 2.92. The van der Waals surface area contributed by atoms with Gasteiger partial charge in [0.15, 0.2) is 0 Å². The molecule has 0 radical (unpaired) electrons. The fraction of sp³-hybridized carbons (Fsp3) is 0.417. The molecule has 19 heavy (non-hydrogen) atoms. The molecule has 0 saturated heterocycles. The van der Waals surface area contributed by atoms with Crippen LogP contribution in [0.3, 0.4) is 0 Å². The van der Waals surface area contributed by atoms with E-state index in [9.17, 15) is 13.5 Å². The highest BCUT2D eigenvalue weighted by atomic mass is 35.5. The van der Waals surface area contributed by atoms with Crippen molar-refractivity contribution in [2.45, 2.75) is 30.8 Å². The first-order chi connectivity index (χ1) is 8.90. The number of nitrogens with one attached hydrogen (secondary N) is 1. The van der Waals surface area contributed by atoms with Crippen LogP contribution in [0.5, 0.6) is 0 Å². The first kappa shape index (κ1) is 15.9. The predicted molar refractivity (Wildman–Crippen MR) is 72.3 cm³/mol. The van der Waals surface area contributed by atoms with Gasteiger partial charge in [0.05, 0.1) is 16.6 Å². The maximum absolute atomic E-state index is 12.0. The van der Waals surface area contributed by atoms with E-state index in [1.165, 1.54) is 18.2 Å². The molecule has 0 aromatic heterocycles. The summed E-state index contributed by atoms with van der Waals surface area (Å²) >= 11 is 5.71. The van der Waals surface area contributed by atoms with Gasteiger partial charge in [0, 0.05) is 11.6 Å². The highest BCUT2D eigenvalue weighted by Crippen LogP contribution is 2.19. The van der Waals surface area contributed by atoms with E-state index < -0.39 is 16.1 Å². The van der Waals surface area contributed by atoms with E-state index in [0.717, 1.165) is 6.42 Å². The molecule has 5 nitrogen and oxygen atoms in total. The SMILES string of the molecule is CCCC(O)CNS(=O)(=O)c1ccc(Cl)cc1C#N. The molecule has 0 amide bonds. The van der Waals surface area contributed by atoms with E-state index in [0.29, 0.717) is 11.4 Å². The Morgan fingerprint density at radius 1 is 1.53 bits per heavy atom. The van der Waals surface area contributed by atoms with Gasteiger partial charge in [0.25, 0.3) is 0 Å². The maximum Gasteiger partial charge on any atom is 0.241 e. The normalized spacial score (nSPS) is 12.9. The number of hydrogen-bond acceptors (Lipinski definition) is 4. The second-order valence-corrected chi connectivity index (χ2v) is 6.22. The van der Waals surface area contributed by atoms with Crippen molar-refractivity contribution in [3.63, 3.8) is 0 Å². The minimum atomic E-state index is -3.82. The molecule has 0 bridgehead atoms.